The number of aliphatic imine (C=N–C) groups is 1. The molecule has 2 N–H and O–H groups in total. The number of hydrogen-bond acceptors (Lipinski definition) is 4. The van der Waals surface area contributed by atoms with E-state index in [1.807, 2.05) is 42.1 Å². The van der Waals surface area contributed by atoms with E-state index in [4.69, 9.17) is 4.42 Å². The van der Waals surface area contributed by atoms with E-state index in [0.29, 0.717) is 12.4 Å². The molecule has 2 aromatic heterocycles. The molecule has 0 amide bonds. The molecule has 148 valence electrons. The Morgan fingerprint density at radius 3 is 2.64 bits per heavy atom. The predicted molar refractivity (Wildman–Crippen MR) is 111 cm³/mol. The minimum absolute atomic E-state index is 0.455. The lowest BCUT2D eigenvalue weighted by Crippen LogP contribution is -2.38. The summed E-state index contributed by atoms with van der Waals surface area (Å²) in [5.74, 6) is 1.39. The van der Waals surface area contributed by atoms with E-state index in [1.54, 1.807) is 6.26 Å². The smallest absolute Gasteiger partial charge is 0.226 e. The minimum atomic E-state index is 0.455. The molecule has 0 aliphatic carbocycles. The summed E-state index contributed by atoms with van der Waals surface area (Å²) < 4.78 is 7.51. The van der Waals surface area contributed by atoms with Gasteiger partial charge in [0.25, 0.3) is 0 Å². The average molecular weight is 380 g/mol. The van der Waals surface area contributed by atoms with Crippen molar-refractivity contribution in [3.63, 3.8) is 0 Å². The van der Waals surface area contributed by atoms with Gasteiger partial charge in [0.05, 0.1) is 12.2 Å². The van der Waals surface area contributed by atoms with Gasteiger partial charge in [-0.2, -0.15) is 5.10 Å². The molecule has 2 heterocycles. The zero-order valence-electron chi connectivity index (χ0n) is 17.0. The molecular weight excluding hydrogens is 352 g/mol. The van der Waals surface area contributed by atoms with Crippen molar-refractivity contribution in [3.8, 4) is 11.5 Å². The number of guanidine groups is 1. The molecule has 0 aliphatic rings. The Morgan fingerprint density at radius 2 is 1.96 bits per heavy atom. The van der Waals surface area contributed by atoms with Crippen LogP contribution in [-0.2, 0) is 20.0 Å². The number of hydrogen-bond donors (Lipinski definition) is 2. The van der Waals surface area contributed by atoms with Gasteiger partial charge >= 0.3 is 0 Å². The fourth-order valence-corrected chi connectivity index (χ4v) is 3.08. The third-order valence-corrected chi connectivity index (χ3v) is 4.64. The van der Waals surface area contributed by atoms with Gasteiger partial charge in [0.2, 0.25) is 5.89 Å². The fraction of sp³-hybridized carbons (Fsp3) is 0.381. The molecule has 0 atom stereocenters. The van der Waals surface area contributed by atoms with Crippen LogP contribution in [0.4, 0.5) is 0 Å². The number of benzene rings is 1. The molecule has 0 unspecified atom stereocenters. The summed E-state index contributed by atoms with van der Waals surface area (Å²) >= 11 is 0. The van der Waals surface area contributed by atoms with E-state index < -0.39 is 0 Å². The third kappa shape index (κ3) is 4.79. The maximum Gasteiger partial charge on any atom is 0.226 e. The quantitative estimate of drug-likeness (QED) is 0.487. The molecular formula is C21H28N6O. The van der Waals surface area contributed by atoms with Crippen LogP contribution in [0.3, 0.4) is 0 Å². The van der Waals surface area contributed by atoms with E-state index in [1.165, 1.54) is 11.3 Å². The van der Waals surface area contributed by atoms with Crippen molar-refractivity contribution in [1.29, 1.82) is 0 Å². The highest BCUT2D eigenvalue weighted by Gasteiger charge is 2.09. The van der Waals surface area contributed by atoms with Crippen LogP contribution in [0.2, 0.25) is 0 Å². The Bertz CT molecular complexity index is 926. The molecule has 1 aromatic carbocycles. The first-order valence-electron chi connectivity index (χ1n) is 9.59. The Hall–Kier alpha value is -3.09. The van der Waals surface area contributed by atoms with Crippen molar-refractivity contribution in [1.82, 2.24) is 25.4 Å². The zero-order chi connectivity index (χ0) is 19.9. The van der Waals surface area contributed by atoms with Gasteiger partial charge in [-0.1, -0.05) is 18.2 Å². The highest BCUT2D eigenvalue weighted by atomic mass is 16.3. The molecule has 7 nitrogen and oxygen atoms in total. The molecule has 0 bridgehead atoms. The van der Waals surface area contributed by atoms with Crippen LogP contribution in [-0.4, -0.2) is 33.8 Å². The summed E-state index contributed by atoms with van der Waals surface area (Å²) in [6.45, 7) is 8.24. The highest BCUT2D eigenvalue weighted by Crippen LogP contribution is 2.18. The van der Waals surface area contributed by atoms with Gasteiger partial charge in [-0.05, 0) is 44.9 Å². The lowest BCUT2D eigenvalue weighted by molar-refractivity contribution is 0.572. The Morgan fingerprint density at radius 1 is 1.18 bits per heavy atom. The van der Waals surface area contributed by atoms with Gasteiger partial charge in [0, 0.05) is 31.4 Å². The summed E-state index contributed by atoms with van der Waals surface area (Å²) in [4.78, 5) is 9.15. The second-order valence-electron chi connectivity index (χ2n) is 6.65. The number of aromatic nitrogens is 3. The van der Waals surface area contributed by atoms with E-state index in [-0.39, 0.29) is 0 Å². The Kier molecular flexibility index (Phi) is 6.47. The van der Waals surface area contributed by atoms with Crippen molar-refractivity contribution in [2.45, 2.75) is 33.7 Å². The molecule has 0 radical (unpaired) electrons. The summed E-state index contributed by atoms with van der Waals surface area (Å²) in [7, 11) is 1.98. The van der Waals surface area contributed by atoms with E-state index in [9.17, 15) is 0 Å². The first-order valence-corrected chi connectivity index (χ1v) is 9.59. The molecule has 0 saturated carbocycles. The molecule has 0 fully saturated rings. The normalized spacial score (nSPS) is 11.6. The summed E-state index contributed by atoms with van der Waals surface area (Å²) in [5, 5.41) is 11.1. The Labute approximate surface area is 165 Å². The van der Waals surface area contributed by atoms with E-state index in [0.717, 1.165) is 42.4 Å². The number of nitrogens with one attached hydrogen (secondary N) is 2. The van der Waals surface area contributed by atoms with Crippen LogP contribution in [0.25, 0.3) is 11.5 Å². The summed E-state index contributed by atoms with van der Waals surface area (Å²) in [5.41, 5.74) is 5.34. The summed E-state index contributed by atoms with van der Waals surface area (Å²) in [6, 6.07) is 9.87. The first-order chi connectivity index (χ1) is 13.6. The second-order valence-corrected chi connectivity index (χ2v) is 6.65. The van der Waals surface area contributed by atoms with Crippen LogP contribution in [0.1, 0.15) is 29.6 Å². The fourth-order valence-electron chi connectivity index (χ4n) is 3.08. The van der Waals surface area contributed by atoms with Gasteiger partial charge in [-0.15, -0.1) is 0 Å². The standard InChI is InChI=1S/C21H28N6O/c1-5-22-21(23-12-11-19-15(2)26-27(4)16(19)3)24-13-18-14-28-20(25-18)17-9-7-6-8-10-17/h6-10,14H,5,11-13H2,1-4H3,(H2,22,23,24). The van der Waals surface area contributed by atoms with Crippen LogP contribution >= 0.6 is 0 Å². The predicted octanol–water partition coefficient (Wildman–Crippen LogP) is 2.99. The van der Waals surface area contributed by atoms with E-state index >= 15 is 0 Å². The molecule has 0 aliphatic heterocycles. The molecule has 0 saturated heterocycles. The molecule has 3 rings (SSSR count). The molecule has 28 heavy (non-hydrogen) atoms. The third-order valence-electron chi connectivity index (χ3n) is 4.64. The minimum Gasteiger partial charge on any atom is -0.444 e. The topological polar surface area (TPSA) is 80.3 Å². The van der Waals surface area contributed by atoms with Crippen LogP contribution < -0.4 is 10.6 Å². The van der Waals surface area contributed by atoms with Gasteiger partial charge in [0.15, 0.2) is 5.96 Å². The molecule has 7 heteroatoms. The van der Waals surface area contributed by atoms with Crippen molar-refractivity contribution in [2.24, 2.45) is 12.0 Å². The number of nitrogens with zero attached hydrogens (tertiary/aromatic N) is 4. The number of rotatable bonds is 7. The van der Waals surface area contributed by atoms with Gasteiger partial charge in [-0.3, -0.25) is 4.68 Å². The molecule has 0 spiro atoms. The zero-order valence-corrected chi connectivity index (χ0v) is 17.0. The van der Waals surface area contributed by atoms with Crippen molar-refractivity contribution in [2.75, 3.05) is 13.1 Å². The lowest BCUT2D eigenvalue weighted by Gasteiger charge is -2.11. The van der Waals surface area contributed by atoms with Gasteiger partial charge in [0.1, 0.15) is 12.0 Å². The number of oxazole rings is 1. The Balaban J connectivity index is 1.59. The van der Waals surface area contributed by atoms with Gasteiger partial charge in [-0.25, -0.2) is 9.98 Å². The van der Waals surface area contributed by atoms with Crippen molar-refractivity contribution < 1.29 is 4.42 Å². The second kappa shape index (κ2) is 9.21. The largest absolute Gasteiger partial charge is 0.444 e. The lowest BCUT2D eigenvalue weighted by atomic mass is 10.1. The summed E-state index contributed by atoms with van der Waals surface area (Å²) in [6.07, 6.45) is 2.57. The van der Waals surface area contributed by atoms with Crippen molar-refractivity contribution in [3.05, 3.63) is 59.2 Å². The van der Waals surface area contributed by atoms with Crippen LogP contribution in [0, 0.1) is 13.8 Å². The van der Waals surface area contributed by atoms with Crippen LogP contribution in [0.15, 0.2) is 46.0 Å². The SMILES string of the molecule is CCNC(=NCc1coc(-c2ccccc2)n1)NCCc1c(C)nn(C)c1C. The van der Waals surface area contributed by atoms with E-state index in [2.05, 4.69) is 46.5 Å². The highest BCUT2D eigenvalue weighted by molar-refractivity contribution is 5.79. The molecule has 3 aromatic rings. The van der Waals surface area contributed by atoms with Crippen molar-refractivity contribution >= 4 is 5.96 Å². The number of aryl methyl sites for hydroxylation is 2. The van der Waals surface area contributed by atoms with Gasteiger partial charge < -0.3 is 15.1 Å². The van der Waals surface area contributed by atoms with Crippen LogP contribution in [0.5, 0.6) is 0 Å². The average Bonchev–Trinajstić information content (AvgIpc) is 3.27. The monoisotopic (exact) mass is 380 g/mol. The first kappa shape index (κ1) is 19.7. The maximum atomic E-state index is 5.58. The maximum absolute atomic E-state index is 5.58.